The Morgan fingerprint density at radius 2 is 1.28 bits per heavy atom. The van der Waals surface area contributed by atoms with E-state index in [4.69, 9.17) is 4.74 Å². The van der Waals surface area contributed by atoms with Crippen molar-refractivity contribution in [2.24, 2.45) is 0 Å². The molecule has 148 valence electrons. The number of aliphatic hydroxyl groups is 1. The third-order valence-electron chi connectivity index (χ3n) is 4.73. The molecule has 0 aliphatic carbocycles. The first kappa shape index (κ1) is 24.2. The predicted molar refractivity (Wildman–Crippen MR) is 107 cm³/mol. The van der Waals surface area contributed by atoms with Crippen molar-refractivity contribution < 1.29 is 14.6 Å². The molecule has 0 aliphatic heterocycles. The summed E-state index contributed by atoms with van der Waals surface area (Å²) in [5, 5.41) is 10.5. The van der Waals surface area contributed by atoms with Gasteiger partial charge in [0, 0.05) is 5.57 Å². The van der Waals surface area contributed by atoms with Crippen molar-refractivity contribution in [3.05, 3.63) is 12.2 Å². The van der Waals surface area contributed by atoms with Crippen LogP contribution in [0.2, 0.25) is 0 Å². The van der Waals surface area contributed by atoms with E-state index in [1.807, 2.05) is 0 Å². The summed E-state index contributed by atoms with van der Waals surface area (Å²) in [7, 11) is 0. The van der Waals surface area contributed by atoms with Gasteiger partial charge >= 0.3 is 5.97 Å². The Hall–Kier alpha value is -0.830. The van der Waals surface area contributed by atoms with Gasteiger partial charge in [-0.1, -0.05) is 91.1 Å². The highest BCUT2D eigenvalue weighted by atomic mass is 16.6. The van der Waals surface area contributed by atoms with Crippen molar-refractivity contribution in [3.8, 4) is 0 Å². The highest BCUT2D eigenvalue weighted by molar-refractivity contribution is 5.87. The highest BCUT2D eigenvalue weighted by Gasteiger charge is 2.23. The lowest BCUT2D eigenvalue weighted by Gasteiger charge is -2.23. The van der Waals surface area contributed by atoms with Gasteiger partial charge in [0.25, 0.3) is 0 Å². The smallest absolute Gasteiger partial charge is 0.333 e. The molecule has 0 aromatic heterocycles. The second kappa shape index (κ2) is 16.6. The highest BCUT2D eigenvalue weighted by Crippen LogP contribution is 2.18. The number of carbonyl (C=O) groups is 1. The van der Waals surface area contributed by atoms with Crippen LogP contribution in [0.5, 0.6) is 0 Å². The van der Waals surface area contributed by atoms with Gasteiger partial charge in [-0.15, -0.1) is 0 Å². The maximum Gasteiger partial charge on any atom is 0.333 e. The minimum atomic E-state index is -0.551. The van der Waals surface area contributed by atoms with Gasteiger partial charge in [-0.3, -0.25) is 0 Å². The van der Waals surface area contributed by atoms with E-state index in [1.165, 1.54) is 51.4 Å². The molecule has 0 spiro atoms. The molecule has 0 bridgehead atoms. The molecule has 3 heteroatoms. The molecule has 3 nitrogen and oxygen atoms in total. The Bertz CT molecular complexity index is 338. The molecule has 2 unspecified atom stereocenters. The van der Waals surface area contributed by atoms with Crippen molar-refractivity contribution >= 4 is 5.97 Å². The summed E-state index contributed by atoms with van der Waals surface area (Å²) < 4.78 is 5.51. The van der Waals surface area contributed by atoms with E-state index >= 15 is 0 Å². The van der Waals surface area contributed by atoms with E-state index in [9.17, 15) is 9.90 Å². The fourth-order valence-corrected chi connectivity index (χ4v) is 3.01. The molecule has 0 fully saturated rings. The molecule has 25 heavy (non-hydrogen) atoms. The maximum absolute atomic E-state index is 11.8. The average molecular weight is 355 g/mol. The zero-order valence-electron chi connectivity index (χ0n) is 17.0. The quantitative estimate of drug-likeness (QED) is 0.188. The van der Waals surface area contributed by atoms with Gasteiger partial charge in [0.2, 0.25) is 0 Å². The standard InChI is InChI=1S/C22H42O3/c1-5-7-9-11-13-15-17-20(23)21(25-22(24)19(3)4)18-16-14-12-10-8-6-2/h20-21,23H,3,5-18H2,1-2,4H3. The van der Waals surface area contributed by atoms with Gasteiger partial charge in [-0.2, -0.15) is 0 Å². The van der Waals surface area contributed by atoms with Crippen LogP contribution in [0, 0.1) is 0 Å². The van der Waals surface area contributed by atoms with E-state index < -0.39 is 6.10 Å². The normalized spacial score (nSPS) is 13.4. The lowest BCUT2D eigenvalue weighted by Crippen LogP contribution is -2.31. The minimum absolute atomic E-state index is 0.377. The second-order valence-electron chi connectivity index (χ2n) is 7.40. The topological polar surface area (TPSA) is 46.5 Å². The first-order valence-corrected chi connectivity index (χ1v) is 10.6. The molecule has 0 aromatic carbocycles. The van der Waals surface area contributed by atoms with Crippen LogP contribution >= 0.6 is 0 Å². The zero-order chi connectivity index (χ0) is 18.9. The fourth-order valence-electron chi connectivity index (χ4n) is 3.01. The Kier molecular flexibility index (Phi) is 16.1. The largest absolute Gasteiger partial charge is 0.456 e. The van der Waals surface area contributed by atoms with Crippen molar-refractivity contribution in [2.45, 2.75) is 123 Å². The number of carbonyl (C=O) groups excluding carboxylic acids is 1. The molecule has 0 saturated carbocycles. The zero-order valence-corrected chi connectivity index (χ0v) is 17.0. The molecular weight excluding hydrogens is 312 g/mol. The van der Waals surface area contributed by atoms with Gasteiger partial charge in [-0.25, -0.2) is 4.79 Å². The van der Waals surface area contributed by atoms with Crippen LogP contribution in [-0.4, -0.2) is 23.3 Å². The number of aliphatic hydroxyl groups excluding tert-OH is 1. The van der Waals surface area contributed by atoms with Crippen molar-refractivity contribution in [1.29, 1.82) is 0 Å². The van der Waals surface area contributed by atoms with Gasteiger partial charge in [0.05, 0.1) is 6.10 Å². The SMILES string of the molecule is C=C(C)C(=O)OC(CCCCCCCC)C(O)CCCCCCCC. The number of hydrogen-bond acceptors (Lipinski definition) is 3. The molecule has 0 saturated heterocycles. The second-order valence-corrected chi connectivity index (χ2v) is 7.40. The molecule has 0 amide bonds. The first-order valence-electron chi connectivity index (χ1n) is 10.6. The van der Waals surface area contributed by atoms with E-state index in [2.05, 4.69) is 20.4 Å². The van der Waals surface area contributed by atoms with Crippen LogP contribution in [0.4, 0.5) is 0 Å². The Labute approximate surface area is 156 Å². The minimum Gasteiger partial charge on any atom is -0.456 e. The van der Waals surface area contributed by atoms with Crippen LogP contribution in [0.1, 0.15) is 111 Å². The van der Waals surface area contributed by atoms with E-state index in [0.29, 0.717) is 5.57 Å². The maximum atomic E-state index is 11.8. The monoisotopic (exact) mass is 354 g/mol. The van der Waals surface area contributed by atoms with Crippen LogP contribution < -0.4 is 0 Å². The molecule has 0 heterocycles. The summed E-state index contributed by atoms with van der Waals surface area (Å²) in [6.45, 7) is 9.73. The summed E-state index contributed by atoms with van der Waals surface area (Å²) >= 11 is 0. The predicted octanol–water partition coefficient (Wildman–Crippen LogP) is 6.34. The van der Waals surface area contributed by atoms with E-state index in [-0.39, 0.29) is 12.1 Å². The number of ether oxygens (including phenoxy) is 1. The third-order valence-corrected chi connectivity index (χ3v) is 4.73. The van der Waals surface area contributed by atoms with Crippen LogP contribution in [0.15, 0.2) is 12.2 Å². The van der Waals surface area contributed by atoms with E-state index in [1.54, 1.807) is 6.92 Å². The van der Waals surface area contributed by atoms with E-state index in [0.717, 1.165) is 38.5 Å². The summed E-state index contributed by atoms with van der Waals surface area (Å²) in [6, 6.07) is 0. The number of hydrogen-bond donors (Lipinski definition) is 1. The third kappa shape index (κ3) is 14.1. The lowest BCUT2D eigenvalue weighted by atomic mass is 9.99. The van der Waals surface area contributed by atoms with Crippen LogP contribution in [0.25, 0.3) is 0 Å². The van der Waals surface area contributed by atoms with Crippen LogP contribution in [-0.2, 0) is 9.53 Å². The summed E-state index contributed by atoms with van der Waals surface area (Å²) in [5.41, 5.74) is 0.403. The molecule has 0 radical (unpaired) electrons. The molecular formula is C22H42O3. The molecule has 2 atom stereocenters. The number of esters is 1. The summed E-state index contributed by atoms with van der Waals surface area (Å²) in [5.74, 6) is -0.377. The summed E-state index contributed by atoms with van der Waals surface area (Å²) in [6.07, 6.45) is 14.9. The number of unbranched alkanes of at least 4 members (excludes halogenated alkanes) is 10. The van der Waals surface area contributed by atoms with Crippen molar-refractivity contribution in [3.63, 3.8) is 0 Å². The van der Waals surface area contributed by atoms with Gasteiger partial charge in [0.1, 0.15) is 6.10 Å². The average Bonchev–Trinajstić information content (AvgIpc) is 2.59. The van der Waals surface area contributed by atoms with Gasteiger partial charge < -0.3 is 9.84 Å². The fraction of sp³-hybridized carbons (Fsp3) is 0.864. The Morgan fingerprint density at radius 3 is 1.76 bits per heavy atom. The molecule has 0 aliphatic rings. The van der Waals surface area contributed by atoms with Crippen LogP contribution in [0.3, 0.4) is 0 Å². The van der Waals surface area contributed by atoms with Gasteiger partial charge in [0.15, 0.2) is 0 Å². The summed E-state index contributed by atoms with van der Waals surface area (Å²) in [4.78, 5) is 11.8. The molecule has 0 aromatic rings. The number of rotatable bonds is 17. The Balaban J connectivity index is 4.17. The first-order chi connectivity index (χ1) is 12.0. The lowest BCUT2D eigenvalue weighted by molar-refractivity contribution is -0.151. The molecule has 0 rings (SSSR count). The Morgan fingerprint density at radius 1 is 0.840 bits per heavy atom. The molecule has 1 N–H and O–H groups in total. The van der Waals surface area contributed by atoms with Crippen molar-refractivity contribution in [2.75, 3.05) is 0 Å². The van der Waals surface area contributed by atoms with Crippen molar-refractivity contribution in [1.82, 2.24) is 0 Å². The van der Waals surface area contributed by atoms with Gasteiger partial charge in [-0.05, 0) is 26.2 Å².